The van der Waals surface area contributed by atoms with Crippen molar-refractivity contribution in [2.75, 3.05) is 0 Å². The van der Waals surface area contributed by atoms with E-state index in [2.05, 4.69) is 34.4 Å². The largest absolute Gasteiger partial charge is 0.370 e. The topological polar surface area (TPSA) is 76.2 Å². The number of guanidine groups is 1. The average Bonchev–Trinajstić information content (AvgIpc) is 2.91. The third-order valence-corrected chi connectivity index (χ3v) is 3.50. The lowest BCUT2D eigenvalue weighted by molar-refractivity contribution is 0.814. The van der Waals surface area contributed by atoms with E-state index in [0.717, 1.165) is 10.0 Å². The molecule has 0 bridgehead atoms. The van der Waals surface area contributed by atoms with E-state index in [9.17, 15) is 0 Å². The van der Waals surface area contributed by atoms with Gasteiger partial charge in [-0.25, -0.2) is 4.99 Å². The van der Waals surface area contributed by atoms with Gasteiger partial charge in [-0.3, -0.25) is 0 Å². The second kappa shape index (κ2) is 6.48. The van der Waals surface area contributed by atoms with Crippen LogP contribution in [-0.4, -0.2) is 22.2 Å². The van der Waals surface area contributed by atoms with E-state index in [1.807, 2.05) is 0 Å². The van der Waals surface area contributed by atoms with Crippen LogP contribution in [0, 0.1) is 0 Å². The summed E-state index contributed by atoms with van der Waals surface area (Å²) < 4.78 is 0. The van der Waals surface area contributed by atoms with E-state index in [-0.39, 0.29) is 24.0 Å². The van der Waals surface area contributed by atoms with Crippen LogP contribution >= 0.6 is 35.3 Å². The van der Waals surface area contributed by atoms with Gasteiger partial charge in [0.2, 0.25) is 0 Å². The number of rotatable bonds is 4. The number of hydrogen-bond acceptors (Lipinski definition) is 4. The predicted molar refractivity (Wildman–Crippen MR) is 80.9 cm³/mol. The molecule has 2 rings (SSSR count). The van der Waals surface area contributed by atoms with Crippen LogP contribution in [0.25, 0.3) is 0 Å². The molecule has 0 spiro atoms. The van der Waals surface area contributed by atoms with Crippen molar-refractivity contribution in [3.05, 3.63) is 10.0 Å². The number of aromatic nitrogens is 2. The maximum atomic E-state index is 5.72. The van der Waals surface area contributed by atoms with Gasteiger partial charge in [-0.05, 0) is 12.8 Å². The minimum atomic E-state index is 0. The highest BCUT2D eigenvalue weighted by Gasteiger charge is 2.21. The third kappa shape index (κ3) is 4.74. The minimum absolute atomic E-state index is 0. The molecule has 1 saturated carbocycles. The molecule has 1 aliphatic rings. The molecule has 96 valence electrons. The summed E-state index contributed by atoms with van der Waals surface area (Å²) >= 11 is 1.60. The normalized spacial score (nSPS) is 15.8. The van der Waals surface area contributed by atoms with E-state index in [1.54, 1.807) is 11.3 Å². The van der Waals surface area contributed by atoms with Crippen LogP contribution in [0.4, 0.5) is 0 Å². The van der Waals surface area contributed by atoms with Crippen LogP contribution < -0.4 is 11.1 Å². The van der Waals surface area contributed by atoms with Crippen molar-refractivity contribution >= 4 is 41.3 Å². The first-order valence-corrected chi connectivity index (χ1v) is 6.35. The molecular formula is C10H18IN5S. The molecule has 17 heavy (non-hydrogen) atoms. The highest BCUT2D eigenvalue weighted by Crippen LogP contribution is 2.20. The Balaban J connectivity index is 0.00000144. The van der Waals surface area contributed by atoms with Crippen LogP contribution in [0.5, 0.6) is 0 Å². The summed E-state index contributed by atoms with van der Waals surface area (Å²) in [5.74, 6) is 0.945. The van der Waals surface area contributed by atoms with Gasteiger partial charge in [0.25, 0.3) is 0 Å². The van der Waals surface area contributed by atoms with Gasteiger partial charge in [-0.2, -0.15) is 0 Å². The average molecular weight is 367 g/mol. The monoisotopic (exact) mass is 367 g/mol. The van der Waals surface area contributed by atoms with Crippen molar-refractivity contribution in [2.24, 2.45) is 10.7 Å². The highest BCUT2D eigenvalue weighted by molar-refractivity contribution is 14.0. The Morgan fingerprint density at radius 3 is 2.76 bits per heavy atom. The fourth-order valence-electron chi connectivity index (χ4n) is 1.20. The van der Waals surface area contributed by atoms with Gasteiger partial charge in [0, 0.05) is 12.0 Å². The van der Waals surface area contributed by atoms with Crippen molar-refractivity contribution < 1.29 is 0 Å². The molecule has 1 fully saturated rings. The zero-order valence-corrected chi connectivity index (χ0v) is 13.2. The molecule has 1 aromatic rings. The second-order valence-electron chi connectivity index (χ2n) is 4.31. The first kappa shape index (κ1) is 14.6. The summed E-state index contributed by atoms with van der Waals surface area (Å²) in [4.78, 5) is 4.24. The molecule has 3 N–H and O–H groups in total. The number of nitrogens with zero attached hydrogens (tertiary/aromatic N) is 3. The maximum absolute atomic E-state index is 5.72. The van der Waals surface area contributed by atoms with Crippen LogP contribution in [-0.2, 0) is 6.54 Å². The molecule has 0 saturated heterocycles. The zero-order chi connectivity index (χ0) is 11.5. The first-order chi connectivity index (χ1) is 7.65. The van der Waals surface area contributed by atoms with Gasteiger partial charge < -0.3 is 11.1 Å². The number of aliphatic imine (C=N–C) groups is 1. The number of nitrogens with one attached hydrogen (secondary N) is 1. The van der Waals surface area contributed by atoms with Crippen LogP contribution in [0.2, 0.25) is 0 Å². The second-order valence-corrected chi connectivity index (χ2v) is 5.40. The third-order valence-electron chi connectivity index (χ3n) is 2.29. The van der Waals surface area contributed by atoms with E-state index in [1.165, 1.54) is 12.8 Å². The Hall–Kier alpha value is -0.440. The molecule has 0 atom stereocenters. The van der Waals surface area contributed by atoms with E-state index in [0.29, 0.717) is 24.5 Å². The lowest BCUT2D eigenvalue weighted by atomic mass is 10.2. The van der Waals surface area contributed by atoms with Crippen molar-refractivity contribution in [3.8, 4) is 0 Å². The molecule has 0 aliphatic heterocycles. The molecule has 0 amide bonds. The van der Waals surface area contributed by atoms with Crippen LogP contribution in [0.15, 0.2) is 4.99 Å². The molecular weight excluding hydrogens is 349 g/mol. The standard InChI is InChI=1S/C10H17N5S.HI/c1-6(2)9-15-14-8(16-9)5-12-10(11)13-7-3-4-7;/h6-7H,3-5H2,1-2H3,(H3,11,12,13);1H. The van der Waals surface area contributed by atoms with E-state index >= 15 is 0 Å². The predicted octanol–water partition coefficient (Wildman–Crippen LogP) is 1.85. The molecule has 1 aromatic heterocycles. The van der Waals surface area contributed by atoms with Gasteiger partial charge in [0.15, 0.2) is 5.96 Å². The van der Waals surface area contributed by atoms with E-state index in [4.69, 9.17) is 5.73 Å². The molecule has 0 radical (unpaired) electrons. The quantitative estimate of drug-likeness (QED) is 0.484. The van der Waals surface area contributed by atoms with Gasteiger partial charge >= 0.3 is 0 Å². The maximum Gasteiger partial charge on any atom is 0.189 e. The summed E-state index contributed by atoms with van der Waals surface area (Å²) in [5, 5.41) is 13.3. The Kier molecular flexibility index (Phi) is 5.57. The Morgan fingerprint density at radius 2 is 2.24 bits per heavy atom. The molecule has 5 nitrogen and oxygen atoms in total. The molecule has 7 heteroatoms. The summed E-state index contributed by atoms with van der Waals surface area (Å²) in [6.07, 6.45) is 2.40. The fourth-order valence-corrected chi connectivity index (χ4v) is 1.97. The van der Waals surface area contributed by atoms with Crippen molar-refractivity contribution in [1.82, 2.24) is 15.5 Å². The summed E-state index contributed by atoms with van der Waals surface area (Å²) in [7, 11) is 0. The Labute approximate surface area is 122 Å². The molecule has 1 aliphatic carbocycles. The first-order valence-electron chi connectivity index (χ1n) is 5.54. The Bertz CT molecular complexity index is 386. The van der Waals surface area contributed by atoms with Gasteiger partial charge in [0.05, 0.1) is 6.54 Å². The summed E-state index contributed by atoms with van der Waals surface area (Å²) in [5.41, 5.74) is 5.72. The lowest BCUT2D eigenvalue weighted by Crippen LogP contribution is -2.33. The van der Waals surface area contributed by atoms with Gasteiger partial charge in [0.1, 0.15) is 10.0 Å². The van der Waals surface area contributed by atoms with Gasteiger partial charge in [-0.1, -0.05) is 25.2 Å². The van der Waals surface area contributed by atoms with Gasteiger partial charge in [-0.15, -0.1) is 34.2 Å². The van der Waals surface area contributed by atoms with Crippen LogP contribution in [0.3, 0.4) is 0 Å². The Morgan fingerprint density at radius 1 is 1.53 bits per heavy atom. The summed E-state index contributed by atoms with van der Waals surface area (Å²) in [6.45, 7) is 4.74. The van der Waals surface area contributed by atoms with Crippen LogP contribution in [0.1, 0.15) is 42.6 Å². The molecule has 1 heterocycles. The highest BCUT2D eigenvalue weighted by atomic mass is 127. The van der Waals surface area contributed by atoms with Crippen molar-refractivity contribution in [2.45, 2.75) is 45.2 Å². The van der Waals surface area contributed by atoms with Crippen molar-refractivity contribution in [3.63, 3.8) is 0 Å². The molecule has 0 aromatic carbocycles. The number of nitrogens with two attached hydrogens (primary N) is 1. The smallest absolute Gasteiger partial charge is 0.189 e. The fraction of sp³-hybridized carbons (Fsp3) is 0.700. The number of hydrogen-bond donors (Lipinski definition) is 2. The van der Waals surface area contributed by atoms with Crippen molar-refractivity contribution in [1.29, 1.82) is 0 Å². The summed E-state index contributed by atoms with van der Waals surface area (Å²) in [6, 6.07) is 0.546. The minimum Gasteiger partial charge on any atom is -0.370 e. The number of halogens is 1. The lowest BCUT2D eigenvalue weighted by Gasteiger charge is -2.01. The SMILES string of the molecule is CC(C)c1nnc(CN=C(N)NC2CC2)s1.I. The zero-order valence-electron chi connectivity index (χ0n) is 10.0. The molecule has 0 unspecified atom stereocenters. The van der Waals surface area contributed by atoms with E-state index < -0.39 is 0 Å².